The Hall–Kier alpha value is -1.62. The fourth-order valence-corrected chi connectivity index (χ4v) is 2.01. The monoisotopic (exact) mass is 310 g/mol. The number of alkyl carbamates (subject to hydrolysis) is 1. The Bertz CT molecular complexity index is 512. The molecule has 0 fully saturated rings. The molecule has 0 aliphatic heterocycles. The summed E-state index contributed by atoms with van der Waals surface area (Å²) >= 11 is 0. The van der Waals surface area contributed by atoms with Crippen molar-refractivity contribution in [2.45, 2.75) is 59.2 Å². The third-order valence-corrected chi connectivity index (χ3v) is 3.18. The van der Waals surface area contributed by atoms with Gasteiger partial charge in [0.2, 0.25) is 0 Å². The third kappa shape index (κ3) is 6.43. The van der Waals surface area contributed by atoms with Crippen LogP contribution >= 0.6 is 0 Å². The summed E-state index contributed by atoms with van der Waals surface area (Å²) < 4.78 is 18.8. The number of halogens is 1. The number of nitrogens with one attached hydrogen (secondary N) is 2. The van der Waals surface area contributed by atoms with E-state index in [1.807, 2.05) is 40.7 Å². The van der Waals surface area contributed by atoms with Crippen LogP contribution < -0.4 is 10.6 Å². The molecule has 1 rings (SSSR count). The fraction of sp³-hybridized carbons (Fsp3) is 0.588. The summed E-state index contributed by atoms with van der Waals surface area (Å²) in [6, 6.07) is 5.25. The molecule has 124 valence electrons. The standard InChI is InChI=1S/C17H27FN2O2/c1-11-7-8-14(9-15(11)18)13(3)20-12(2)10-19-16(21)22-17(4,5)6/h7-9,12-13,20H,10H2,1-6H3,(H,19,21). The lowest BCUT2D eigenvalue weighted by Gasteiger charge is -2.23. The second kappa shape index (κ2) is 7.58. The summed E-state index contributed by atoms with van der Waals surface area (Å²) in [4.78, 5) is 11.6. The zero-order valence-electron chi connectivity index (χ0n) is 14.3. The van der Waals surface area contributed by atoms with Crippen molar-refractivity contribution in [1.82, 2.24) is 10.6 Å². The van der Waals surface area contributed by atoms with Crippen molar-refractivity contribution < 1.29 is 13.9 Å². The summed E-state index contributed by atoms with van der Waals surface area (Å²) in [5.74, 6) is -0.203. The van der Waals surface area contributed by atoms with Gasteiger partial charge in [0.05, 0.1) is 0 Å². The molecule has 0 saturated carbocycles. The Morgan fingerprint density at radius 2 is 1.95 bits per heavy atom. The first-order valence-electron chi connectivity index (χ1n) is 7.57. The Balaban J connectivity index is 2.45. The van der Waals surface area contributed by atoms with Crippen LogP contribution in [0.4, 0.5) is 9.18 Å². The number of rotatable bonds is 5. The quantitative estimate of drug-likeness (QED) is 0.872. The van der Waals surface area contributed by atoms with Crippen molar-refractivity contribution >= 4 is 6.09 Å². The van der Waals surface area contributed by atoms with E-state index in [9.17, 15) is 9.18 Å². The van der Waals surface area contributed by atoms with E-state index in [0.717, 1.165) is 5.56 Å². The van der Waals surface area contributed by atoms with Crippen LogP contribution in [0.15, 0.2) is 18.2 Å². The minimum Gasteiger partial charge on any atom is -0.444 e. The molecule has 0 saturated heterocycles. The Morgan fingerprint density at radius 3 is 2.50 bits per heavy atom. The summed E-state index contributed by atoms with van der Waals surface area (Å²) in [6.07, 6.45) is -0.435. The van der Waals surface area contributed by atoms with E-state index in [2.05, 4.69) is 10.6 Å². The van der Waals surface area contributed by atoms with Gasteiger partial charge in [-0.2, -0.15) is 0 Å². The lowest BCUT2D eigenvalue weighted by molar-refractivity contribution is 0.0522. The molecule has 1 aromatic carbocycles. The van der Waals surface area contributed by atoms with Gasteiger partial charge in [-0.15, -0.1) is 0 Å². The molecule has 5 heteroatoms. The van der Waals surface area contributed by atoms with Crippen LogP contribution in [0.5, 0.6) is 0 Å². The van der Waals surface area contributed by atoms with Gasteiger partial charge in [-0.1, -0.05) is 12.1 Å². The normalized spacial score (nSPS) is 14.3. The van der Waals surface area contributed by atoms with Crippen LogP contribution in [0.3, 0.4) is 0 Å². The number of amides is 1. The number of ether oxygens (including phenoxy) is 1. The zero-order valence-corrected chi connectivity index (χ0v) is 14.3. The van der Waals surface area contributed by atoms with Crippen LogP contribution in [0.2, 0.25) is 0 Å². The van der Waals surface area contributed by atoms with Crippen molar-refractivity contribution in [1.29, 1.82) is 0 Å². The van der Waals surface area contributed by atoms with Gasteiger partial charge >= 0.3 is 6.09 Å². The highest BCUT2D eigenvalue weighted by atomic mass is 19.1. The molecular formula is C17H27FN2O2. The highest BCUT2D eigenvalue weighted by molar-refractivity contribution is 5.67. The predicted molar refractivity (Wildman–Crippen MR) is 86.4 cm³/mol. The van der Waals surface area contributed by atoms with Crippen LogP contribution in [-0.2, 0) is 4.74 Å². The van der Waals surface area contributed by atoms with E-state index < -0.39 is 11.7 Å². The van der Waals surface area contributed by atoms with Crippen LogP contribution in [0.1, 0.15) is 51.8 Å². The molecule has 22 heavy (non-hydrogen) atoms. The summed E-state index contributed by atoms with van der Waals surface area (Å²) in [5, 5.41) is 6.04. The first-order valence-corrected chi connectivity index (χ1v) is 7.57. The molecular weight excluding hydrogens is 283 g/mol. The van der Waals surface area contributed by atoms with Crippen LogP contribution in [-0.4, -0.2) is 24.3 Å². The van der Waals surface area contributed by atoms with Gasteiger partial charge in [-0.05, 0) is 58.7 Å². The highest BCUT2D eigenvalue weighted by Crippen LogP contribution is 2.16. The molecule has 0 aliphatic rings. The van der Waals surface area contributed by atoms with Crippen molar-refractivity contribution in [2.75, 3.05) is 6.54 Å². The first kappa shape index (κ1) is 18.4. The minimum atomic E-state index is -0.506. The SMILES string of the molecule is Cc1ccc(C(C)NC(C)CNC(=O)OC(C)(C)C)cc1F. The van der Waals surface area contributed by atoms with Gasteiger partial charge in [0.15, 0.2) is 0 Å². The second-order valence-corrected chi connectivity index (χ2v) is 6.68. The molecule has 0 bridgehead atoms. The van der Waals surface area contributed by atoms with Gasteiger partial charge in [-0.25, -0.2) is 9.18 Å². The number of carbonyl (C=O) groups is 1. The molecule has 2 N–H and O–H groups in total. The summed E-state index contributed by atoms with van der Waals surface area (Å²) in [6.45, 7) is 11.6. The molecule has 1 aromatic rings. The molecule has 0 radical (unpaired) electrons. The van der Waals surface area contributed by atoms with Crippen molar-refractivity contribution in [3.05, 3.63) is 35.1 Å². The topological polar surface area (TPSA) is 50.4 Å². The van der Waals surface area contributed by atoms with E-state index in [4.69, 9.17) is 4.74 Å². The van der Waals surface area contributed by atoms with Crippen LogP contribution in [0.25, 0.3) is 0 Å². The maximum Gasteiger partial charge on any atom is 0.407 e. The average molecular weight is 310 g/mol. The van der Waals surface area contributed by atoms with Gasteiger partial charge in [0, 0.05) is 18.6 Å². The summed E-state index contributed by atoms with van der Waals surface area (Å²) in [5.41, 5.74) is 1.01. The number of hydrogen-bond donors (Lipinski definition) is 2. The second-order valence-electron chi connectivity index (χ2n) is 6.68. The minimum absolute atomic E-state index is 0.00876. The molecule has 2 unspecified atom stereocenters. The Labute approximate surface area is 132 Å². The van der Waals surface area contributed by atoms with Crippen LogP contribution in [0, 0.1) is 12.7 Å². The van der Waals surface area contributed by atoms with Gasteiger partial charge in [-0.3, -0.25) is 0 Å². The highest BCUT2D eigenvalue weighted by Gasteiger charge is 2.17. The van der Waals surface area contributed by atoms with Crippen molar-refractivity contribution in [2.24, 2.45) is 0 Å². The summed E-state index contributed by atoms with van der Waals surface area (Å²) in [7, 11) is 0. The molecule has 0 aromatic heterocycles. The third-order valence-electron chi connectivity index (χ3n) is 3.18. The van der Waals surface area contributed by atoms with Gasteiger partial charge in [0.25, 0.3) is 0 Å². The lowest BCUT2D eigenvalue weighted by atomic mass is 10.1. The Morgan fingerprint density at radius 1 is 1.32 bits per heavy atom. The zero-order chi connectivity index (χ0) is 16.9. The smallest absolute Gasteiger partial charge is 0.407 e. The van der Waals surface area contributed by atoms with E-state index >= 15 is 0 Å². The molecule has 4 nitrogen and oxygen atoms in total. The predicted octanol–water partition coefficient (Wildman–Crippen LogP) is 3.70. The number of hydrogen-bond acceptors (Lipinski definition) is 3. The first-order chi connectivity index (χ1) is 10.1. The molecule has 0 aliphatic carbocycles. The maximum absolute atomic E-state index is 13.6. The molecule has 0 spiro atoms. The number of aryl methyl sites for hydroxylation is 1. The number of carbonyl (C=O) groups excluding carboxylic acids is 1. The average Bonchev–Trinajstić information content (AvgIpc) is 2.37. The van der Waals surface area contributed by atoms with E-state index in [1.54, 1.807) is 19.1 Å². The molecule has 1 amide bonds. The van der Waals surface area contributed by atoms with E-state index in [-0.39, 0.29) is 17.9 Å². The largest absolute Gasteiger partial charge is 0.444 e. The maximum atomic E-state index is 13.6. The Kier molecular flexibility index (Phi) is 6.35. The van der Waals surface area contributed by atoms with Crippen molar-refractivity contribution in [3.8, 4) is 0 Å². The number of benzene rings is 1. The van der Waals surface area contributed by atoms with Gasteiger partial charge < -0.3 is 15.4 Å². The molecule has 2 atom stereocenters. The van der Waals surface area contributed by atoms with E-state index in [1.165, 1.54) is 0 Å². The molecule has 0 heterocycles. The lowest BCUT2D eigenvalue weighted by Crippen LogP contribution is -2.42. The van der Waals surface area contributed by atoms with Crippen molar-refractivity contribution in [3.63, 3.8) is 0 Å². The van der Waals surface area contributed by atoms with Gasteiger partial charge in [0.1, 0.15) is 11.4 Å². The fourth-order valence-electron chi connectivity index (χ4n) is 2.01. The van der Waals surface area contributed by atoms with E-state index in [0.29, 0.717) is 12.1 Å².